The Bertz CT molecular complexity index is 1030. The highest BCUT2D eigenvalue weighted by Gasteiger charge is 2.30. The molecule has 1 aliphatic heterocycles. The number of likely N-dealkylation sites (tertiary alicyclic amines) is 1. The third-order valence-corrected chi connectivity index (χ3v) is 5.55. The highest BCUT2D eigenvalue weighted by molar-refractivity contribution is 9.10. The maximum Gasteiger partial charge on any atom is 0.255 e. The normalized spacial score (nSPS) is 17.0. The molecule has 1 amide bonds. The summed E-state index contributed by atoms with van der Waals surface area (Å²) in [7, 11) is 0. The summed E-state index contributed by atoms with van der Waals surface area (Å²) in [5.74, 6) is 0.256. The van der Waals surface area contributed by atoms with Gasteiger partial charge in [-0.15, -0.1) is 0 Å². The molecule has 0 spiro atoms. The molecule has 5 nitrogen and oxygen atoms in total. The van der Waals surface area contributed by atoms with Crippen molar-refractivity contribution in [2.45, 2.75) is 18.8 Å². The van der Waals surface area contributed by atoms with E-state index in [0.29, 0.717) is 41.0 Å². The van der Waals surface area contributed by atoms with Crippen LogP contribution < -0.4 is 0 Å². The van der Waals surface area contributed by atoms with E-state index in [2.05, 4.69) is 26.1 Å². The van der Waals surface area contributed by atoms with Crippen molar-refractivity contribution in [1.29, 1.82) is 0 Å². The lowest BCUT2D eigenvalue weighted by molar-refractivity contribution is 0.0696. The topological polar surface area (TPSA) is 59.2 Å². The molecule has 1 unspecified atom stereocenters. The number of rotatable bonds is 3. The fourth-order valence-corrected chi connectivity index (χ4v) is 4.10. The Hall–Kier alpha value is -2.25. The van der Waals surface area contributed by atoms with Crippen LogP contribution in [0.3, 0.4) is 0 Å². The number of hydrogen-bond acceptors (Lipinski definition) is 4. The van der Waals surface area contributed by atoms with Crippen molar-refractivity contribution >= 4 is 33.4 Å². The van der Waals surface area contributed by atoms with E-state index >= 15 is 0 Å². The molecule has 28 heavy (non-hydrogen) atoms. The van der Waals surface area contributed by atoms with Gasteiger partial charge in [0.2, 0.25) is 11.7 Å². The summed E-state index contributed by atoms with van der Waals surface area (Å²) in [5.41, 5.74) is 1.02. The molecule has 8 heteroatoms. The summed E-state index contributed by atoms with van der Waals surface area (Å²) in [5, 5.41) is 4.38. The lowest BCUT2D eigenvalue weighted by Crippen LogP contribution is -2.39. The van der Waals surface area contributed by atoms with Gasteiger partial charge in [0.05, 0.1) is 16.5 Å². The summed E-state index contributed by atoms with van der Waals surface area (Å²) in [6.45, 7) is 1.11. The Kier molecular flexibility index (Phi) is 5.46. The number of benzene rings is 2. The lowest BCUT2D eigenvalue weighted by atomic mass is 9.97. The Morgan fingerprint density at radius 1 is 1.29 bits per heavy atom. The van der Waals surface area contributed by atoms with Crippen LogP contribution in [0, 0.1) is 5.82 Å². The molecule has 1 atom stereocenters. The molecule has 1 aliphatic rings. The van der Waals surface area contributed by atoms with Gasteiger partial charge in [0, 0.05) is 23.1 Å². The molecule has 1 saturated heterocycles. The van der Waals surface area contributed by atoms with Gasteiger partial charge < -0.3 is 9.42 Å². The van der Waals surface area contributed by atoms with E-state index in [9.17, 15) is 9.18 Å². The second-order valence-corrected chi connectivity index (χ2v) is 8.00. The van der Waals surface area contributed by atoms with Gasteiger partial charge in [-0.25, -0.2) is 4.39 Å². The second kappa shape index (κ2) is 8.01. The van der Waals surface area contributed by atoms with Crippen LogP contribution in [0.2, 0.25) is 5.02 Å². The molecular formula is C20H16BrClFN3O2. The zero-order chi connectivity index (χ0) is 19.7. The summed E-state index contributed by atoms with van der Waals surface area (Å²) in [6.07, 6.45) is 1.66. The number of hydrogen-bond donors (Lipinski definition) is 0. The largest absolute Gasteiger partial charge is 0.339 e. The average molecular weight is 465 g/mol. The Morgan fingerprint density at radius 2 is 2.14 bits per heavy atom. The van der Waals surface area contributed by atoms with Gasteiger partial charge in [0.25, 0.3) is 5.91 Å². The highest BCUT2D eigenvalue weighted by Crippen LogP contribution is 2.30. The molecule has 3 aromatic rings. The molecule has 0 saturated carbocycles. The molecule has 4 rings (SSSR count). The van der Waals surface area contributed by atoms with Gasteiger partial charge in [-0.05, 0) is 43.2 Å². The number of piperidine rings is 1. The third kappa shape index (κ3) is 3.95. The zero-order valence-corrected chi connectivity index (χ0v) is 17.1. The standard InChI is InChI=1S/C20H16BrClFN3O2/c21-14-6-7-16(17(22)10-14)20(27)26-8-2-4-13(11-26)19-24-18(25-28-19)12-3-1-5-15(23)9-12/h1,3,5-7,9-10,13H,2,4,8,11H2. The van der Waals surface area contributed by atoms with E-state index in [0.717, 1.165) is 17.3 Å². The van der Waals surface area contributed by atoms with E-state index in [1.54, 1.807) is 35.2 Å². The molecule has 2 aromatic carbocycles. The van der Waals surface area contributed by atoms with Gasteiger partial charge in [-0.2, -0.15) is 4.98 Å². The SMILES string of the molecule is O=C(c1ccc(Br)cc1Cl)N1CCCC(c2nc(-c3cccc(F)c3)no2)C1. The van der Waals surface area contributed by atoms with Crippen LogP contribution in [0.25, 0.3) is 11.4 Å². The zero-order valence-electron chi connectivity index (χ0n) is 14.7. The fourth-order valence-electron chi connectivity index (χ4n) is 3.34. The van der Waals surface area contributed by atoms with E-state index in [-0.39, 0.29) is 17.6 Å². The molecule has 1 fully saturated rings. The maximum atomic E-state index is 13.4. The second-order valence-electron chi connectivity index (χ2n) is 6.68. The smallest absolute Gasteiger partial charge is 0.255 e. The van der Waals surface area contributed by atoms with Crippen molar-refractivity contribution in [2.75, 3.05) is 13.1 Å². The minimum atomic E-state index is -0.357. The number of nitrogens with zero attached hydrogens (tertiary/aromatic N) is 3. The van der Waals surface area contributed by atoms with Gasteiger partial charge in [-0.1, -0.05) is 44.8 Å². The van der Waals surface area contributed by atoms with Crippen LogP contribution in [0.4, 0.5) is 4.39 Å². The first kappa shape index (κ1) is 19.1. The average Bonchev–Trinajstić information content (AvgIpc) is 3.18. The number of halogens is 3. The molecule has 0 radical (unpaired) electrons. The van der Waals surface area contributed by atoms with Gasteiger partial charge in [0.15, 0.2) is 0 Å². The number of carbonyl (C=O) groups is 1. The van der Waals surface area contributed by atoms with Crippen LogP contribution in [0.5, 0.6) is 0 Å². The first-order chi connectivity index (χ1) is 13.5. The number of amides is 1. The summed E-state index contributed by atoms with van der Waals surface area (Å²) in [6, 6.07) is 11.3. The maximum absolute atomic E-state index is 13.4. The Balaban J connectivity index is 1.52. The van der Waals surface area contributed by atoms with Crippen molar-refractivity contribution in [1.82, 2.24) is 15.0 Å². The first-order valence-corrected chi connectivity index (χ1v) is 10.0. The predicted octanol–water partition coefficient (Wildman–Crippen LogP) is 5.31. The lowest BCUT2D eigenvalue weighted by Gasteiger charge is -2.31. The van der Waals surface area contributed by atoms with Crippen LogP contribution in [0.15, 0.2) is 51.5 Å². The minimum absolute atomic E-state index is 0.0678. The molecule has 0 bridgehead atoms. The van der Waals surface area contributed by atoms with Crippen molar-refractivity contribution < 1.29 is 13.7 Å². The predicted molar refractivity (Wildman–Crippen MR) is 107 cm³/mol. The first-order valence-electron chi connectivity index (χ1n) is 8.85. The molecule has 0 N–H and O–H groups in total. The van der Waals surface area contributed by atoms with Crippen LogP contribution in [-0.4, -0.2) is 34.0 Å². The minimum Gasteiger partial charge on any atom is -0.339 e. The molecule has 0 aliphatic carbocycles. The van der Waals surface area contributed by atoms with Crippen molar-refractivity contribution in [3.05, 3.63) is 69.2 Å². The van der Waals surface area contributed by atoms with Gasteiger partial charge in [-0.3, -0.25) is 4.79 Å². The van der Waals surface area contributed by atoms with Crippen LogP contribution in [0.1, 0.15) is 35.0 Å². The summed E-state index contributed by atoms with van der Waals surface area (Å²) < 4.78 is 19.7. The van der Waals surface area contributed by atoms with Gasteiger partial charge in [0.1, 0.15) is 5.82 Å². The third-order valence-electron chi connectivity index (χ3n) is 4.74. The monoisotopic (exact) mass is 463 g/mol. The van der Waals surface area contributed by atoms with E-state index in [1.165, 1.54) is 12.1 Å². The van der Waals surface area contributed by atoms with Crippen LogP contribution >= 0.6 is 27.5 Å². The van der Waals surface area contributed by atoms with Crippen molar-refractivity contribution in [3.63, 3.8) is 0 Å². The van der Waals surface area contributed by atoms with E-state index in [1.807, 2.05) is 0 Å². The highest BCUT2D eigenvalue weighted by atomic mass is 79.9. The van der Waals surface area contributed by atoms with Gasteiger partial charge >= 0.3 is 0 Å². The Labute approximate surface area is 174 Å². The number of aromatic nitrogens is 2. The Morgan fingerprint density at radius 3 is 2.93 bits per heavy atom. The van der Waals surface area contributed by atoms with E-state index in [4.69, 9.17) is 16.1 Å². The number of carbonyl (C=O) groups excluding carboxylic acids is 1. The molecule has 144 valence electrons. The summed E-state index contributed by atoms with van der Waals surface area (Å²) in [4.78, 5) is 19.1. The summed E-state index contributed by atoms with van der Waals surface area (Å²) >= 11 is 9.58. The molecular weight excluding hydrogens is 449 g/mol. The molecule has 2 heterocycles. The quantitative estimate of drug-likeness (QED) is 0.527. The van der Waals surface area contributed by atoms with Crippen molar-refractivity contribution in [2.24, 2.45) is 0 Å². The van der Waals surface area contributed by atoms with Crippen molar-refractivity contribution in [3.8, 4) is 11.4 Å². The fraction of sp³-hybridized carbons (Fsp3) is 0.250. The molecule has 1 aromatic heterocycles. The van der Waals surface area contributed by atoms with E-state index < -0.39 is 0 Å². The van der Waals surface area contributed by atoms with Crippen LogP contribution in [-0.2, 0) is 0 Å².